The third-order valence-corrected chi connectivity index (χ3v) is 8.84. The Hall–Kier alpha value is -3.02. The SMILES string of the molecule is C1CCNCC1.CC(N)=O.COc1ccc(S(=O)(=O)N2C[C@@](O)(c3ccccc3Cl)c3cc(Cl)ccc32)cc1OC. The Bertz CT molecular complexity index is 1450. The number of piperidine rings is 1. The first-order valence-corrected chi connectivity index (χ1v) is 15.1. The van der Waals surface area contributed by atoms with E-state index in [0.717, 1.165) is 4.31 Å². The predicted molar refractivity (Wildman–Crippen MR) is 162 cm³/mol. The number of anilines is 1. The number of nitrogens with two attached hydrogens (primary N) is 1. The van der Waals surface area contributed by atoms with E-state index < -0.39 is 15.6 Å². The van der Waals surface area contributed by atoms with Crippen LogP contribution in [0.1, 0.15) is 37.3 Å². The summed E-state index contributed by atoms with van der Waals surface area (Å²) in [7, 11) is -1.17. The normalized spacial score (nSPS) is 17.8. The molecule has 0 aliphatic carbocycles. The first kappa shape index (κ1) is 32.5. The Morgan fingerprint density at radius 2 is 1.59 bits per heavy atom. The molecule has 1 fully saturated rings. The van der Waals surface area contributed by atoms with Gasteiger partial charge in [0.1, 0.15) is 5.60 Å². The highest BCUT2D eigenvalue weighted by atomic mass is 35.5. The number of benzene rings is 3. The smallest absolute Gasteiger partial charge is 0.264 e. The highest BCUT2D eigenvalue weighted by molar-refractivity contribution is 7.92. The van der Waals surface area contributed by atoms with Gasteiger partial charge in [-0.2, -0.15) is 0 Å². The maximum Gasteiger partial charge on any atom is 0.264 e. The molecule has 2 aliphatic heterocycles. The topological polar surface area (TPSA) is 131 Å². The van der Waals surface area contributed by atoms with Crippen LogP contribution in [-0.2, 0) is 20.4 Å². The number of ether oxygens (including phenoxy) is 2. The van der Waals surface area contributed by atoms with Crippen LogP contribution in [0.5, 0.6) is 11.5 Å². The molecule has 1 amide bonds. The molecule has 1 saturated heterocycles. The van der Waals surface area contributed by atoms with Crippen LogP contribution in [-0.4, -0.2) is 53.3 Å². The molecular formula is C29H35Cl2N3O6S. The second kappa shape index (κ2) is 14.2. The minimum absolute atomic E-state index is 0.00513. The molecule has 4 N–H and O–H groups in total. The third kappa shape index (κ3) is 7.64. The molecule has 2 heterocycles. The van der Waals surface area contributed by atoms with Crippen LogP contribution in [0.4, 0.5) is 5.69 Å². The lowest BCUT2D eigenvalue weighted by atomic mass is 9.88. The van der Waals surface area contributed by atoms with Crippen molar-refractivity contribution in [2.24, 2.45) is 5.73 Å². The maximum atomic E-state index is 13.6. The largest absolute Gasteiger partial charge is 0.493 e. The molecule has 0 radical (unpaired) electrons. The van der Waals surface area contributed by atoms with Crippen LogP contribution in [0, 0.1) is 0 Å². The van der Waals surface area contributed by atoms with E-state index >= 15 is 0 Å². The van der Waals surface area contributed by atoms with Gasteiger partial charge in [0.15, 0.2) is 11.5 Å². The number of sulfonamides is 1. The van der Waals surface area contributed by atoms with Gasteiger partial charge in [0.2, 0.25) is 5.91 Å². The van der Waals surface area contributed by atoms with Crippen LogP contribution in [0.2, 0.25) is 10.0 Å². The van der Waals surface area contributed by atoms with Crippen molar-refractivity contribution in [3.8, 4) is 11.5 Å². The van der Waals surface area contributed by atoms with E-state index in [1.54, 1.807) is 42.5 Å². The quantitative estimate of drug-likeness (QED) is 0.375. The Morgan fingerprint density at radius 1 is 0.951 bits per heavy atom. The average molecular weight is 625 g/mol. The van der Waals surface area contributed by atoms with Crippen molar-refractivity contribution in [1.82, 2.24) is 5.32 Å². The van der Waals surface area contributed by atoms with Gasteiger partial charge in [0, 0.05) is 34.2 Å². The number of nitrogens with one attached hydrogen (secondary N) is 1. The first-order chi connectivity index (χ1) is 19.4. The Labute approximate surface area is 251 Å². The van der Waals surface area contributed by atoms with E-state index in [2.05, 4.69) is 11.1 Å². The Kier molecular flexibility index (Phi) is 11.3. The van der Waals surface area contributed by atoms with E-state index in [0.29, 0.717) is 32.6 Å². The summed E-state index contributed by atoms with van der Waals surface area (Å²) >= 11 is 12.5. The Balaban J connectivity index is 0.000000393. The molecule has 3 aromatic rings. The highest BCUT2D eigenvalue weighted by Gasteiger charge is 2.48. The van der Waals surface area contributed by atoms with E-state index in [4.69, 9.17) is 32.7 Å². The number of carbonyl (C=O) groups excluding carboxylic acids is 1. The molecule has 2 aliphatic rings. The van der Waals surface area contributed by atoms with Crippen molar-refractivity contribution >= 4 is 44.8 Å². The number of nitrogens with zero attached hydrogens (tertiary/aromatic N) is 1. The van der Waals surface area contributed by atoms with Gasteiger partial charge in [0.25, 0.3) is 10.0 Å². The zero-order valence-corrected chi connectivity index (χ0v) is 25.5. The summed E-state index contributed by atoms with van der Waals surface area (Å²) in [6, 6.07) is 15.8. The average Bonchev–Trinajstić information content (AvgIpc) is 3.27. The number of rotatable bonds is 5. The molecule has 5 rings (SSSR count). The molecule has 0 unspecified atom stereocenters. The van der Waals surface area contributed by atoms with Crippen molar-refractivity contribution in [3.63, 3.8) is 0 Å². The van der Waals surface area contributed by atoms with Gasteiger partial charge in [-0.05, 0) is 62.3 Å². The van der Waals surface area contributed by atoms with Crippen LogP contribution in [0.25, 0.3) is 0 Å². The Morgan fingerprint density at radius 3 is 2.12 bits per heavy atom. The van der Waals surface area contributed by atoms with E-state index in [-0.39, 0.29) is 23.1 Å². The number of amides is 1. The zero-order chi connectivity index (χ0) is 30.2. The summed E-state index contributed by atoms with van der Waals surface area (Å²) in [5.41, 5.74) is 3.87. The minimum Gasteiger partial charge on any atom is -0.493 e. The minimum atomic E-state index is -4.06. The second-order valence-electron chi connectivity index (χ2n) is 9.45. The molecular weight excluding hydrogens is 589 g/mol. The number of halogens is 2. The standard InChI is InChI=1S/C22H19Cl2NO5S.C5H11N.C2H5NO/c1-29-20-10-8-15(12-21(20)30-2)31(27,28)25-13-22(26,16-5-3-4-6-18(16)24)17-11-14(23)7-9-19(17)25;1-2-4-6-5-3-1;1-2(3)4/h3-12,26H,13H2,1-2H3;6H,1-5H2;1H3,(H2,3,4)/t22-;;/m1../s1. The van der Waals surface area contributed by atoms with Crippen LogP contribution >= 0.6 is 23.2 Å². The van der Waals surface area contributed by atoms with Crippen LogP contribution in [0.3, 0.4) is 0 Å². The monoisotopic (exact) mass is 623 g/mol. The van der Waals surface area contributed by atoms with Gasteiger partial charge >= 0.3 is 0 Å². The number of hydrogen-bond donors (Lipinski definition) is 3. The van der Waals surface area contributed by atoms with Crippen molar-refractivity contribution in [2.45, 2.75) is 36.7 Å². The van der Waals surface area contributed by atoms with Gasteiger partial charge < -0.3 is 25.6 Å². The molecule has 41 heavy (non-hydrogen) atoms. The van der Waals surface area contributed by atoms with Gasteiger partial charge in [-0.25, -0.2) is 8.42 Å². The predicted octanol–water partition coefficient (Wildman–Crippen LogP) is 4.71. The van der Waals surface area contributed by atoms with Gasteiger partial charge in [-0.15, -0.1) is 0 Å². The number of β-amino-alcohol motifs (C(OH)–C–C–N with tert-alkyl or cyclic N) is 1. The molecule has 222 valence electrons. The molecule has 0 bridgehead atoms. The third-order valence-electron chi connectivity index (χ3n) is 6.51. The summed E-state index contributed by atoms with van der Waals surface area (Å²) in [6.07, 6.45) is 4.22. The summed E-state index contributed by atoms with van der Waals surface area (Å²) in [5.74, 6) is 0.350. The van der Waals surface area contributed by atoms with Crippen LogP contribution < -0.4 is 24.8 Å². The van der Waals surface area contributed by atoms with Crippen molar-refractivity contribution in [3.05, 3.63) is 81.8 Å². The zero-order valence-electron chi connectivity index (χ0n) is 23.2. The fourth-order valence-corrected chi connectivity index (χ4v) is 6.57. The highest BCUT2D eigenvalue weighted by Crippen LogP contribution is 2.48. The lowest BCUT2D eigenvalue weighted by Crippen LogP contribution is -2.38. The van der Waals surface area contributed by atoms with Gasteiger partial charge in [0.05, 0.1) is 31.3 Å². The molecule has 0 aromatic heterocycles. The number of hydrogen-bond acceptors (Lipinski definition) is 7. The lowest BCUT2D eigenvalue weighted by Gasteiger charge is -2.26. The van der Waals surface area contributed by atoms with Crippen molar-refractivity contribution < 1.29 is 27.8 Å². The van der Waals surface area contributed by atoms with E-state index in [9.17, 15) is 18.3 Å². The number of aliphatic hydroxyl groups is 1. The van der Waals surface area contributed by atoms with Crippen LogP contribution in [0.15, 0.2) is 65.6 Å². The maximum absolute atomic E-state index is 13.6. The molecule has 0 spiro atoms. The van der Waals surface area contributed by atoms with Gasteiger partial charge in [-0.1, -0.05) is 47.8 Å². The van der Waals surface area contributed by atoms with Crippen molar-refractivity contribution in [1.29, 1.82) is 0 Å². The fourth-order valence-electron chi connectivity index (χ4n) is 4.58. The molecule has 1 atom stereocenters. The van der Waals surface area contributed by atoms with E-state index in [1.807, 2.05) is 0 Å². The number of carbonyl (C=O) groups is 1. The summed E-state index contributed by atoms with van der Waals surface area (Å²) in [5, 5.41) is 15.7. The lowest BCUT2D eigenvalue weighted by molar-refractivity contribution is -0.115. The molecule has 0 saturated carbocycles. The number of primary amides is 1. The molecule has 9 nitrogen and oxygen atoms in total. The molecule has 12 heteroatoms. The second-order valence-corrected chi connectivity index (χ2v) is 12.2. The van der Waals surface area contributed by atoms with Crippen molar-refractivity contribution in [2.75, 3.05) is 38.2 Å². The molecule has 3 aromatic carbocycles. The summed E-state index contributed by atoms with van der Waals surface area (Å²) in [4.78, 5) is 9.22. The van der Waals surface area contributed by atoms with Gasteiger partial charge in [-0.3, -0.25) is 9.10 Å². The van der Waals surface area contributed by atoms with E-state index in [1.165, 1.54) is 71.7 Å². The number of fused-ring (bicyclic) bond motifs is 1. The fraction of sp³-hybridized carbons (Fsp3) is 0.345. The summed E-state index contributed by atoms with van der Waals surface area (Å²) < 4.78 is 38.8. The summed E-state index contributed by atoms with van der Waals surface area (Å²) in [6.45, 7) is 3.54. The first-order valence-electron chi connectivity index (χ1n) is 12.9. The number of methoxy groups -OCH3 is 2.